The summed E-state index contributed by atoms with van der Waals surface area (Å²) in [5.74, 6) is 0.646. The molecule has 0 saturated carbocycles. The summed E-state index contributed by atoms with van der Waals surface area (Å²) in [4.78, 5) is 2.16. The van der Waals surface area contributed by atoms with Crippen LogP contribution < -0.4 is 10.6 Å². The molecule has 0 aliphatic heterocycles. The van der Waals surface area contributed by atoms with Crippen molar-refractivity contribution in [3.8, 4) is 6.07 Å². The molecule has 0 bridgehead atoms. The van der Waals surface area contributed by atoms with Crippen LogP contribution in [0.15, 0.2) is 18.2 Å². The van der Waals surface area contributed by atoms with Crippen LogP contribution in [0.3, 0.4) is 0 Å². The molecular formula is C13H19N3. The maximum Gasteiger partial charge on any atom is 0.101 e. The number of rotatable bonds is 4. The van der Waals surface area contributed by atoms with Crippen LogP contribution in [-0.4, -0.2) is 13.6 Å². The highest BCUT2D eigenvalue weighted by molar-refractivity contribution is 5.62. The van der Waals surface area contributed by atoms with E-state index in [1.54, 1.807) is 6.07 Å². The Balaban J connectivity index is 2.84. The molecule has 2 N–H and O–H groups in total. The summed E-state index contributed by atoms with van der Waals surface area (Å²) in [5, 5.41) is 8.90. The van der Waals surface area contributed by atoms with E-state index in [9.17, 15) is 0 Å². The molecule has 3 heteroatoms. The molecule has 16 heavy (non-hydrogen) atoms. The molecule has 1 rings (SSSR count). The first kappa shape index (κ1) is 12.4. The minimum Gasteiger partial charge on any atom is -0.398 e. The zero-order valence-electron chi connectivity index (χ0n) is 10.2. The van der Waals surface area contributed by atoms with E-state index in [1.807, 2.05) is 19.2 Å². The lowest BCUT2D eigenvalue weighted by Crippen LogP contribution is -2.23. The standard InChI is InChI=1S/C13H19N3/c1-4-10(2)9-16(3)12-5-6-13(15)11(7-12)8-14/h5-7,10H,4,9,15H2,1-3H3. The van der Waals surface area contributed by atoms with Crippen LogP contribution in [0.25, 0.3) is 0 Å². The SMILES string of the molecule is CCC(C)CN(C)c1ccc(N)c(C#N)c1. The minimum absolute atomic E-state index is 0.545. The third-order valence-electron chi connectivity index (χ3n) is 2.88. The summed E-state index contributed by atoms with van der Waals surface area (Å²) < 4.78 is 0. The highest BCUT2D eigenvalue weighted by Crippen LogP contribution is 2.20. The van der Waals surface area contributed by atoms with Gasteiger partial charge in [-0.25, -0.2) is 0 Å². The Morgan fingerprint density at radius 1 is 1.50 bits per heavy atom. The fourth-order valence-corrected chi connectivity index (χ4v) is 1.58. The molecule has 0 radical (unpaired) electrons. The molecule has 86 valence electrons. The maximum absolute atomic E-state index is 8.90. The Bertz CT molecular complexity index is 393. The number of nitrogens with two attached hydrogens (primary N) is 1. The van der Waals surface area contributed by atoms with Crippen molar-refractivity contribution in [3.05, 3.63) is 23.8 Å². The van der Waals surface area contributed by atoms with Gasteiger partial charge in [0.2, 0.25) is 0 Å². The first-order valence-electron chi connectivity index (χ1n) is 5.59. The Morgan fingerprint density at radius 2 is 2.19 bits per heavy atom. The second-order valence-corrected chi connectivity index (χ2v) is 4.28. The van der Waals surface area contributed by atoms with Crippen LogP contribution in [0.2, 0.25) is 0 Å². The van der Waals surface area contributed by atoms with Crippen molar-refractivity contribution in [1.82, 2.24) is 0 Å². The molecule has 1 aromatic rings. The molecule has 0 amide bonds. The fourth-order valence-electron chi connectivity index (χ4n) is 1.58. The smallest absolute Gasteiger partial charge is 0.101 e. The van der Waals surface area contributed by atoms with Crippen molar-refractivity contribution in [3.63, 3.8) is 0 Å². The van der Waals surface area contributed by atoms with Gasteiger partial charge in [0.25, 0.3) is 0 Å². The van der Waals surface area contributed by atoms with Crippen LogP contribution in [-0.2, 0) is 0 Å². The van der Waals surface area contributed by atoms with E-state index in [-0.39, 0.29) is 0 Å². The van der Waals surface area contributed by atoms with Crippen LogP contribution in [0.5, 0.6) is 0 Å². The number of nitriles is 1. The third-order valence-corrected chi connectivity index (χ3v) is 2.88. The molecule has 0 saturated heterocycles. The molecule has 3 nitrogen and oxygen atoms in total. The van der Waals surface area contributed by atoms with Crippen LogP contribution in [0.1, 0.15) is 25.8 Å². The van der Waals surface area contributed by atoms with E-state index in [2.05, 4.69) is 24.8 Å². The lowest BCUT2D eigenvalue weighted by atomic mass is 10.1. The normalized spacial score (nSPS) is 11.9. The van der Waals surface area contributed by atoms with Crippen molar-refractivity contribution in [2.75, 3.05) is 24.2 Å². The zero-order chi connectivity index (χ0) is 12.1. The number of hydrogen-bond acceptors (Lipinski definition) is 3. The van der Waals surface area contributed by atoms with Gasteiger partial charge < -0.3 is 10.6 Å². The average Bonchev–Trinajstić information content (AvgIpc) is 2.29. The Hall–Kier alpha value is -1.69. The van der Waals surface area contributed by atoms with Gasteiger partial charge in [-0.15, -0.1) is 0 Å². The highest BCUT2D eigenvalue weighted by Gasteiger charge is 2.07. The zero-order valence-corrected chi connectivity index (χ0v) is 10.2. The predicted octanol–water partition coefficient (Wildman–Crippen LogP) is 2.62. The van der Waals surface area contributed by atoms with E-state index in [1.165, 1.54) is 0 Å². The largest absolute Gasteiger partial charge is 0.398 e. The molecule has 0 fully saturated rings. The number of nitrogen functional groups attached to an aromatic ring is 1. The fraction of sp³-hybridized carbons (Fsp3) is 0.462. The van der Waals surface area contributed by atoms with Gasteiger partial charge in [-0.2, -0.15) is 5.26 Å². The van der Waals surface area contributed by atoms with Crippen LogP contribution >= 0.6 is 0 Å². The number of hydrogen-bond donors (Lipinski definition) is 1. The quantitative estimate of drug-likeness (QED) is 0.789. The molecule has 0 aromatic heterocycles. The Morgan fingerprint density at radius 3 is 2.75 bits per heavy atom. The van der Waals surface area contributed by atoms with Crippen molar-refractivity contribution >= 4 is 11.4 Å². The van der Waals surface area contributed by atoms with E-state index in [0.717, 1.165) is 18.7 Å². The van der Waals surface area contributed by atoms with Gasteiger partial charge in [0.15, 0.2) is 0 Å². The number of nitrogens with zero attached hydrogens (tertiary/aromatic N) is 2. The molecule has 1 unspecified atom stereocenters. The minimum atomic E-state index is 0.545. The second-order valence-electron chi connectivity index (χ2n) is 4.28. The molecular weight excluding hydrogens is 198 g/mol. The van der Waals surface area contributed by atoms with Crippen molar-refractivity contribution in [2.45, 2.75) is 20.3 Å². The Labute approximate surface area is 97.5 Å². The van der Waals surface area contributed by atoms with Gasteiger partial charge in [-0.3, -0.25) is 0 Å². The third kappa shape index (κ3) is 2.90. The summed E-state index contributed by atoms with van der Waals surface area (Å²) in [6, 6.07) is 7.70. The molecule has 0 spiro atoms. The monoisotopic (exact) mass is 217 g/mol. The van der Waals surface area contributed by atoms with Gasteiger partial charge in [-0.1, -0.05) is 20.3 Å². The molecule has 0 aliphatic rings. The summed E-state index contributed by atoms with van der Waals surface area (Å²) in [5.41, 5.74) is 7.83. The van der Waals surface area contributed by atoms with E-state index >= 15 is 0 Å². The number of anilines is 2. The van der Waals surface area contributed by atoms with Gasteiger partial charge in [-0.05, 0) is 24.1 Å². The maximum atomic E-state index is 8.90. The topological polar surface area (TPSA) is 53.0 Å². The van der Waals surface area contributed by atoms with Crippen molar-refractivity contribution in [1.29, 1.82) is 5.26 Å². The van der Waals surface area contributed by atoms with Crippen LogP contribution in [0.4, 0.5) is 11.4 Å². The van der Waals surface area contributed by atoms with Crippen molar-refractivity contribution in [2.24, 2.45) is 5.92 Å². The highest BCUT2D eigenvalue weighted by atomic mass is 15.1. The summed E-state index contributed by atoms with van der Waals surface area (Å²) in [6.45, 7) is 5.40. The van der Waals surface area contributed by atoms with Crippen LogP contribution in [0, 0.1) is 17.2 Å². The summed E-state index contributed by atoms with van der Waals surface area (Å²) in [6.07, 6.45) is 1.16. The van der Waals surface area contributed by atoms with Gasteiger partial charge in [0.1, 0.15) is 6.07 Å². The van der Waals surface area contributed by atoms with E-state index < -0.39 is 0 Å². The first-order chi connectivity index (χ1) is 7.58. The van der Waals surface area contributed by atoms with Gasteiger partial charge in [0, 0.05) is 25.0 Å². The Kier molecular flexibility index (Phi) is 4.19. The summed E-state index contributed by atoms with van der Waals surface area (Å²) >= 11 is 0. The molecule has 1 aromatic carbocycles. The lowest BCUT2D eigenvalue weighted by Gasteiger charge is -2.23. The van der Waals surface area contributed by atoms with Gasteiger partial charge >= 0.3 is 0 Å². The van der Waals surface area contributed by atoms with E-state index in [0.29, 0.717) is 17.2 Å². The molecule has 0 heterocycles. The summed E-state index contributed by atoms with van der Waals surface area (Å²) in [7, 11) is 2.04. The number of benzene rings is 1. The van der Waals surface area contributed by atoms with E-state index in [4.69, 9.17) is 11.0 Å². The first-order valence-corrected chi connectivity index (χ1v) is 5.59. The molecule has 0 aliphatic carbocycles. The van der Waals surface area contributed by atoms with Crippen molar-refractivity contribution < 1.29 is 0 Å². The predicted molar refractivity (Wildman–Crippen MR) is 68.3 cm³/mol. The second kappa shape index (κ2) is 5.41. The lowest BCUT2D eigenvalue weighted by molar-refractivity contribution is 0.560. The van der Waals surface area contributed by atoms with Gasteiger partial charge in [0.05, 0.1) is 5.56 Å². The molecule has 1 atom stereocenters. The average molecular weight is 217 g/mol.